The van der Waals surface area contributed by atoms with E-state index in [9.17, 15) is 4.79 Å². The predicted octanol–water partition coefficient (Wildman–Crippen LogP) is 5.19. The monoisotopic (exact) mass is 333 g/mol. The lowest BCUT2D eigenvalue weighted by molar-refractivity contribution is -0.129. The minimum atomic E-state index is -0.338. The zero-order valence-corrected chi connectivity index (χ0v) is 16.2. The van der Waals surface area contributed by atoms with Gasteiger partial charge in [0.05, 0.1) is 6.61 Å². The van der Waals surface area contributed by atoms with Gasteiger partial charge >= 0.3 is 0 Å². The maximum atomic E-state index is 12.3. The molecule has 1 rings (SSSR count). The number of aryl methyl sites for hydroxylation is 2. The van der Waals surface area contributed by atoms with E-state index in [0.29, 0.717) is 6.61 Å². The number of amides is 1. The van der Waals surface area contributed by atoms with E-state index in [4.69, 9.17) is 4.74 Å². The van der Waals surface area contributed by atoms with Crippen LogP contribution in [0.2, 0.25) is 0 Å². The van der Waals surface area contributed by atoms with E-state index in [-0.39, 0.29) is 11.3 Å². The van der Waals surface area contributed by atoms with Crippen molar-refractivity contribution >= 4 is 5.91 Å². The number of hydrogen-bond acceptors (Lipinski definition) is 2. The first-order valence-corrected chi connectivity index (χ1v) is 9.35. The zero-order chi connectivity index (χ0) is 18.0. The van der Waals surface area contributed by atoms with Crippen LogP contribution in [-0.2, 0) is 4.79 Å². The lowest BCUT2D eigenvalue weighted by atomic mass is 9.87. The molecule has 0 saturated heterocycles. The van der Waals surface area contributed by atoms with E-state index in [2.05, 4.69) is 44.3 Å². The van der Waals surface area contributed by atoms with Crippen LogP contribution in [0.15, 0.2) is 18.2 Å². The third-order valence-electron chi connectivity index (χ3n) is 4.48. The molecule has 0 saturated carbocycles. The van der Waals surface area contributed by atoms with Gasteiger partial charge in [-0.3, -0.25) is 4.79 Å². The molecule has 24 heavy (non-hydrogen) atoms. The van der Waals surface area contributed by atoms with E-state index >= 15 is 0 Å². The van der Waals surface area contributed by atoms with Crippen molar-refractivity contribution in [2.45, 2.75) is 73.1 Å². The van der Waals surface area contributed by atoms with Gasteiger partial charge in [-0.1, -0.05) is 52.2 Å². The van der Waals surface area contributed by atoms with Crippen LogP contribution in [-0.4, -0.2) is 19.1 Å². The maximum absolute atomic E-state index is 12.3. The standard InChI is InChI=1S/C21H35NO2/c1-6-7-8-9-14-22-20(23)21(4,5)13-10-15-24-19-16-17(2)11-12-18(19)3/h11-12,16H,6-10,13-15H2,1-5H3,(H,22,23). The molecule has 3 nitrogen and oxygen atoms in total. The van der Waals surface area contributed by atoms with Crippen LogP contribution < -0.4 is 10.1 Å². The maximum Gasteiger partial charge on any atom is 0.225 e. The molecule has 0 radical (unpaired) electrons. The average molecular weight is 334 g/mol. The third-order valence-corrected chi connectivity index (χ3v) is 4.48. The predicted molar refractivity (Wildman–Crippen MR) is 102 cm³/mol. The topological polar surface area (TPSA) is 38.3 Å². The van der Waals surface area contributed by atoms with Crippen molar-refractivity contribution in [2.24, 2.45) is 5.41 Å². The lowest BCUT2D eigenvalue weighted by Crippen LogP contribution is -2.37. The van der Waals surface area contributed by atoms with Gasteiger partial charge in [0.1, 0.15) is 5.75 Å². The van der Waals surface area contributed by atoms with E-state index in [0.717, 1.165) is 37.1 Å². The molecular weight excluding hydrogens is 298 g/mol. The van der Waals surface area contributed by atoms with Crippen molar-refractivity contribution in [2.75, 3.05) is 13.2 Å². The van der Waals surface area contributed by atoms with Crippen LogP contribution in [0, 0.1) is 19.3 Å². The van der Waals surface area contributed by atoms with Crippen molar-refractivity contribution < 1.29 is 9.53 Å². The number of unbranched alkanes of at least 4 members (excludes halogenated alkanes) is 3. The normalized spacial score (nSPS) is 11.4. The van der Waals surface area contributed by atoms with Crippen molar-refractivity contribution in [3.05, 3.63) is 29.3 Å². The Bertz CT molecular complexity index is 509. The fraction of sp³-hybridized carbons (Fsp3) is 0.667. The van der Waals surface area contributed by atoms with Gasteiger partial charge in [-0.05, 0) is 50.3 Å². The highest BCUT2D eigenvalue weighted by Gasteiger charge is 2.26. The van der Waals surface area contributed by atoms with Crippen molar-refractivity contribution in [1.29, 1.82) is 0 Å². The highest BCUT2D eigenvalue weighted by Crippen LogP contribution is 2.24. The molecule has 1 aromatic carbocycles. The summed E-state index contributed by atoms with van der Waals surface area (Å²) >= 11 is 0. The van der Waals surface area contributed by atoms with Crippen molar-refractivity contribution in [1.82, 2.24) is 5.32 Å². The molecule has 0 heterocycles. The van der Waals surface area contributed by atoms with Gasteiger partial charge < -0.3 is 10.1 Å². The number of carbonyl (C=O) groups is 1. The summed E-state index contributed by atoms with van der Waals surface area (Å²) < 4.78 is 5.89. The van der Waals surface area contributed by atoms with Crippen molar-refractivity contribution in [3.63, 3.8) is 0 Å². The zero-order valence-electron chi connectivity index (χ0n) is 16.2. The highest BCUT2D eigenvalue weighted by molar-refractivity contribution is 5.81. The summed E-state index contributed by atoms with van der Waals surface area (Å²) in [6.07, 6.45) is 6.45. The number of rotatable bonds is 11. The molecule has 0 aromatic heterocycles. The second-order valence-corrected chi connectivity index (χ2v) is 7.42. The number of ether oxygens (including phenoxy) is 1. The molecule has 1 amide bonds. The first-order chi connectivity index (χ1) is 11.4. The van der Waals surface area contributed by atoms with Crippen LogP contribution in [0.4, 0.5) is 0 Å². The minimum absolute atomic E-state index is 0.158. The Hall–Kier alpha value is -1.51. The Morgan fingerprint density at radius 2 is 1.88 bits per heavy atom. The van der Waals surface area contributed by atoms with Gasteiger partial charge in [0, 0.05) is 12.0 Å². The third kappa shape index (κ3) is 7.37. The average Bonchev–Trinajstić information content (AvgIpc) is 2.54. The molecule has 0 atom stereocenters. The molecule has 3 heteroatoms. The van der Waals surface area contributed by atoms with Gasteiger partial charge in [-0.2, -0.15) is 0 Å². The van der Waals surface area contributed by atoms with Gasteiger partial charge in [-0.15, -0.1) is 0 Å². The van der Waals surface area contributed by atoms with E-state index in [1.54, 1.807) is 0 Å². The van der Waals surface area contributed by atoms with E-state index in [1.165, 1.54) is 24.8 Å². The molecule has 0 spiro atoms. The van der Waals surface area contributed by atoms with Gasteiger partial charge in [0.15, 0.2) is 0 Å². The van der Waals surface area contributed by atoms with Gasteiger partial charge in [0.25, 0.3) is 0 Å². The Labute approximate surface area is 148 Å². The number of benzene rings is 1. The number of nitrogens with one attached hydrogen (secondary N) is 1. The van der Waals surface area contributed by atoms with E-state index in [1.807, 2.05) is 13.8 Å². The Morgan fingerprint density at radius 3 is 2.58 bits per heavy atom. The van der Waals surface area contributed by atoms with E-state index < -0.39 is 0 Å². The molecule has 0 aliphatic carbocycles. The molecule has 0 fully saturated rings. The number of carbonyl (C=O) groups excluding carboxylic acids is 1. The first kappa shape index (κ1) is 20.5. The largest absolute Gasteiger partial charge is 0.493 e. The second kappa shape index (κ2) is 10.4. The summed E-state index contributed by atoms with van der Waals surface area (Å²) in [5, 5.41) is 3.08. The van der Waals surface area contributed by atoms with Crippen LogP contribution in [0.25, 0.3) is 0 Å². The van der Waals surface area contributed by atoms with Crippen LogP contribution in [0.5, 0.6) is 5.75 Å². The summed E-state index contributed by atoms with van der Waals surface area (Å²) in [5.74, 6) is 1.11. The number of hydrogen-bond donors (Lipinski definition) is 1. The van der Waals surface area contributed by atoms with Crippen LogP contribution in [0.1, 0.15) is 70.4 Å². The van der Waals surface area contributed by atoms with Crippen LogP contribution >= 0.6 is 0 Å². The quantitative estimate of drug-likeness (QED) is 0.566. The molecule has 0 aliphatic heterocycles. The highest BCUT2D eigenvalue weighted by atomic mass is 16.5. The second-order valence-electron chi connectivity index (χ2n) is 7.42. The molecule has 0 aliphatic rings. The minimum Gasteiger partial charge on any atom is -0.493 e. The van der Waals surface area contributed by atoms with Crippen LogP contribution in [0.3, 0.4) is 0 Å². The fourth-order valence-corrected chi connectivity index (χ4v) is 2.67. The summed E-state index contributed by atoms with van der Waals surface area (Å²) in [6.45, 7) is 11.8. The summed E-state index contributed by atoms with van der Waals surface area (Å²) in [6, 6.07) is 6.25. The Balaban J connectivity index is 2.29. The Morgan fingerprint density at radius 1 is 1.12 bits per heavy atom. The molecule has 0 unspecified atom stereocenters. The SMILES string of the molecule is CCCCCCNC(=O)C(C)(C)CCCOc1cc(C)ccc1C. The molecular formula is C21H35NO2. The summed E-state index contributed by atoms with van der Waals surface area (Å²) in [7, 11) is 0. The molecule has 136 valence electrons. The first-order valence-electron chi connectivity index (χ1n) is 9.35. The fourth-order valence-electron chi connectivity index (χ4n) is 2.67. The lowest BCUT2D eigenvalue weighted by Gasteiger charge is -2.23. The Kier molecular flexibility index (Phi) is 8.88. The molecule has 1 N–H and O–H groups in total. The van der Waals surface area contributed by atoms with Gasteiger partial charge in [-0.25, -0.2) is 0 Å². The smallest absolute Gasteiger partial charge is 0.225 e. The van der Waals surface area contributed by atoms with Crippen molar-refractivity contribution in [3.8, 4) is 5.75 Å². The molecule has 0 bridgehead atoms. The molecule has 1 aromatic rings. The summed E-state index contributed by atoms with van der Waals surface area (Å²) in [4.78, 5) is 12.3. The van der Waals surface area contributed by atoms with Gasteiger partial charge in [0.2, 0.25) is 5.91 Å². The summed E-state index contributed by atoms with van der Waals surface area (Å²) in [5.41, 5.74) is 2.03.